The highest BCUT2D eigenvalue weighted by Gasteiger charge is 2.55. The fourth-order valence-electron chi connectivity index (χ4n) is 5.33. The van der Waals surface area contributed by atoms with Crippen molar-refractivity contribution in [3.05, 3.63) is 81.7 Å². The Kier molecular flexibility index (Phi) is 2.78. The second-order valence-corrected chi connectivity index (χ2v) is 12.5. The minimum absolute atomic E-state index is 0.466. The molecular formula is C23H23Si. The molecule has 2 heterocycles. The van der Waals surface area contributed by atoms with Gasteiger partial charge < -0.3 is 0 Å². The third-order valence-corrected chi connectivity index (χ3v) is 9.85. The number of fused-ring (bicyclic) bond motifs is 4. The van der Waals surface area contributed by atoms with Gasteiger partial charge in [0.05, 0.1) is 0 Å². The maximum Gasteiger partial charge on any atom is 0.109 e. The van der Waals surface area contributed by atoms with Crippen LogP contribution in [0.2, 0.25) is 13.1 Å². The first kappa shape index (κ1) is 14.5. The van der Waals surface area contributed by atoms with Crippen LogP contribution in [0.4, 0.5) is 0 Å². The van der Waals surface area contributed by atoms with Gasteiger partial charge >= 0.3 is 0 Å². The fraction of sp³-hybridized carbons (Fsp3) is 0.304. The van der Waals surface area contributed by atoms with Crippen LogP contribution in [0, 0.1) is 17.9 Å². The first-order chi connectivity index (χ1) is 11.5. The molecule has 0 spiro atoms. The molecule has 1 unspecified atom stereocenters. The van der Waals surface area contributed by atoms with Crippen LogP contribution >= 0.6 is 0 Å². The zero-order valence-electron chi connectivity index (χ0n) is 14.9. The number of hydrogen-bond acceptors (Lipinski definition) is 0. The van der Waals surface area contributed by atoms with Gasteiger partial charge in [0, 0.05) is 11.8 Å². The summed E-state index contributed by atoms with van der Waals surface area (Å²) in [4.78, 5) is 0. The molecule has 0 nitrogen and oxygen atoms in total. The van der Waals surface area contributed by atoms with Gasteiger partial charge in [-0.3, -0.25) is 0 Å². The fourth-order valence-corrected chi connectivity index (χ4v) is 9.12. The smallest absolute Gasteiger partial charge is 0.0645 e. The number of hydrogen-bond donors (Lipinski definition) is 0. The van der Waals surface area contributed by atoms with Crippen LogP contribution in [-0.4, -0.2) is 8.07 Å². The lowest BCUT2D eigenvalue weighted by molar-refractivity contribution is 0.668. The van der Waals surface area contributed by atoms with Crippen molar-refractivity contribution in [2.24, 2.45) is 11.8 Å². The highest BCUT2D eigenvalue weighted by Crippen LogP contribution is 2.61. The van der Waals surface area contributed by atoms with Gasteiger partial charge in [-0.05, 0) is 45.0 Å². The van der Waals surface area contributed by atoms with Crippen molar-refractivity contribution in [1.82, 2.24) is 0 Å². The highest BCUT2D eigenvalue weighted by molar-refractivity contribution is 6.96. The molecular weight excluding hydrogens is 304 g/mol. The third-order valence-electron chi connectivity index (χ3n) is 6.26. The molecule has 2 aliphatic carbocycles. The van der Waals surface area contributed by atoms with Crippen molar-refractivity contribution in [2.75, 3.05) is 0 Å². The van der Waals surface area contributed by atoms with E-state index in [2.05, 4.69) is 81.5 Å². The van der Waals surface area contributed by atoms with Crippen LogP contribution < -0.4 is 0 Å². The molecule has 119 valence electrons. The Hall–Kier alpha value is -1.86. The van der Waals surface area contributed by atoms with E-state index in [1.54, 1.807) is 16.0 Å². The predicted molar refractivity (Wildman–Crippen MR) is 103 cm³/mol. The summed E-state index contributed by atoms with van der Waals surface area (Å²) in [5.74, 6) is 1.58. The number of rotatable bonds is 2. The lowest BCUT2D eigenvalue weighted by Gasteiger charge is -2.41. The average Bonchev–Trinajstić information content (AvgIpc) is 3.19. The summed E-state index contributed by atoms with van der Waals surface area (Å²) in [5, 5.41) is 3.41. The monoisotopic (exact) mass is 327 g/mol. The van der Waals surface area contributed by atoms with Crippen molar-refractivity contribution in [2.45, 2.75) is 32.9 Å². The maximum absolute atomic E-state index is 3.98. The van der Waals surface area contributed by atoms with Crippen LogP contribution in [-0.2, 0) is 0 Å². The maximum atomic E-state index is 3.98. The molecule has 0 N–H and O–H groups in total. The Balaban J connectivity index is 1.71. The van der Waals surface area contributed by atoms with Crippen molar-refractivity contribution in [3.63, 3.8) is 0 Å². The third kappa shape index (κ3) is 1.59. The molecule has 0 saturated heterocycles. The lowest BCUT2D eigenvalue weighted by Crippen LogP contribution is -2.42. The molecule has 1 atom stereocenters. The first-order valence-electron chi connectivity index (χ1n) is 9.09. The predicted octanol–water partition coefficient (Wildman–Crippen LogP) is 5.91. The summed E-state index contributed by atoms with van der Waals surface area (Å²) in [6.07, 6.45) is 3.98. The van der Waals surface area contributed by atoms with E-state index in [0.29, 0.717) is 17.8 Å². The van der Waals surface area contributed by atoms with E-state index in [0.717, 1.165) is 0 Å². The van der Waals surface area contributed by atoms with Crippen molar-refractivity contribution < 1.29 is 0 Å². The molecule has 0 amide bonds. The van der Waals surface area contributed by atoms with E-state index in [9.17, 15) is 0 Å². The minimum atomic E-state index is -1.36. The van der Waals surface area contributed by atoms with Crippen LogP contribution in [0.3, 0.4) is 0 Å². The quantitative estimate of drug-likeness (QED) is 0.601. The average molecular weight is 328 g/mol. The SMILES string of the molecule is CC(C)C1=C2C(C3c4ccccc4-c4ccccc43)[C]=C1[Si]2(C)C. The summed E-state index contributed by atoms with van der Waals surface area (Å²) in [6, 6.07) is 18.0. The topological polar surface area (TPSA) is 0 Å². The molecule has 1 radical (unpaired) electrons. The van der Waals surface area contributed by atoms with Gasteiger partial charge in [-0.15, -0.1) is 0 Å². The van der Waals surface area contributed by atoms with E-state index in [1.807, 2.05) is 0 Å². The lowest BCUT2D eigenvalue weighted by atomic mass is 9.84. The molecule has 4 aliphatic rings. The van der Waals surface area contributed by atoms with E-state index in [-0.39, 0.29) is 0 Å². The van der Waals surface area contributed by atoms with Gasteiger partial charge in [0.1, 0.15) is 8.07 Å². The second kappa shape index (κ2) is 4.61. The van der Waals surface area contributed by atoms with Crippen LogP contribution in [0.15, 0.2) is 64.5 Å². The van der Waals surface area contributed by atoms with Gasteiger partial charge in [-0.25, -0.2) is 0 Å². The van der Waals surface area contributed by atoms with Crippen LogP contribution in [0.25, 0.3) is 11.1 Å². The Labute approximate surface area is 145 Å². The molecule has 2 aliphatic heterocycles. The summed E-state index contributed by atoms with van der Waals surface area (Å²) in [6.45, 7) is 9.73. The molecule has 6 rings (SSSR count). The van der Waals surface area contributed by atoms with Crippen LogP contribution in [0.5, 0.6) is 0 Å². The van der Waals surface area contributed by atoms with Gasteiger partial charge in [0.15, 0.2) is 0 Å². The second-order valence-electron chi connectivity index (χ2n) is 8.26. The number of benzene rings is 2. The summed E-state index contributed by atoms with van der Waals surface area (Å²) >= 11 is 0. The molecule has 0 saturated carbocycles. The largest absolute Gasteiger partial charge is 0.109 e. The van der Waals surface area contributed by atoms with E-state index >= 15 is 0 Å². The molecule has 2 bridgehead atoms. The molecule has 24 heavy (non-hydrogen) atoms. The Morgan fingerprint density at radius 1 is 0.875 bits per heavy atom. The first-order valence-corrected chi connectivity index (χ1v) is 12.1. The normalized spacial score (nSPS) is 23.2. The summed E-state index contributed by atoms with van der Waals surface area (Å²) < 4.78 is 0. The highest BCUT2D eigenvalue weighted by atomic mass is 28.3. The zero-order valence-corrected chi connectivity index (χ0v) is 15.9. The van der Waals surface area contributed by atoms with Crippen LogP contribution in [0.1, 0.15) is 30.9 Å². The van der Waals surface area contributed by atoms with Gasteiger partial charge in [0.25, 0.3) is 0 Å². The van der Waals surface area contributed by atoms with Crippen molar-refractivity contribution in [3.8, 4) is 11.1 Å². The number of allylic oxidation sites excluding steroid dienone is 4. The molecule has 2 aromatic rings. The molecule has 0 aromatic heterocycles. The molecule has 1 heteroatoms. The van der Waals surface area contributed by atoms with Gasteiger partial charge in [-0.1, -0.05) is 80.7 Å². The van der Waals surface area contributed by atoms with Crippen molar-refractivity contribution in [1.29, 1.82) is 0 Å². The van der Waals surface area contributed by atoms with Crippen molar-refractivity contribution >= 4 is 8.07 Å². The molecule has 0 fully saturated rings. The minimum Gasteiger partial charge on any atom is -0.0645 e. The van der Waals surface area contributed by atoms with E-state index in [1.165, 1.54) is 22.3 Å². The standard InChI is InChI=1S/C23H23Si/c1-14(2)21-20-13-19(23(21)24(20,3)4)22-17-11-7-5-9-15(17)16-10-6-8-12-18(16)22/h5-12,14,19,22H,1-4H3. The van der Waals surface area contributed by atoms with E-state index < -0.39 is 8.07 Å². The van der Waals surface area contributed by atoms with Gasteiger partial charge in [-0.2, -0.15) is 0 Å². The summed E-state index contributed by atoms with van der Waals surface area (Å²) in [7, 11) is -1.36. The Bertz CT molecular complexity index is 881. The Morgan fingerprint density at radius 2 is 1.42 bits per heavy atom. The zero-order chi connectivity index (χ0) is 16.6. The van der Waals surface area contributed by atoms with E-state index in [4.69, 9.17) is 0 Å². The molecule has 2 aromatic carbocycles. The summed E-state index contributed by atoms with van der Waals surface area (Å²) in [5.41, 5.74) is 7.52. The van der Waals surface area contributed by atoms with Gasteiger partial charge in [0.2, 0.25) is 0 Å². The Morgan fingerprint density at radius 3 is 1.92 bits per heavy atom.